The highest BCUT2D eigenvalue weighted by Gasteiger charge is 2.29. The predicted molar refractivity (Wildman–Crippen MR) is 167 cm³/mol. The summed E-state index contributed by atoms with van der Waals surface area (Å²) in [5.74, 6) is -1.60. The van der Waals surface area contributed by atoms with Gasteiger partial charge in [-0.2, -0.15) is 4.31 Å². The summed E-state index contributed by atoms with van der Waals surface area (Å²) in [6, 6.07) is 12.5. The van der Waals surface area contributed by atoms with Crippen molar-refractivity contribution in [3.05, 3.63) is 98.5 Å². The Bertz CT molecular complexity index is 1890. The molecule has 0 aliphatic carbocycles. The van der Waals surface area contributed by atoms with Crippen LogP contribution in [0.5, 0.6) is 0 Å². The third-order valence-corrected chi connectivity index (χ3v) is 9.33. The van der Waals surface area contributed by atoms with Crippen molar-refractivity contribution in [2.75, 3.05) is 26.3 Å². The lowest BCUT2D eigenvalue weighted by molar-refractivity contribution is 0.0500. The molecular weight excluding hydrogens is 674 g/mol. The monoisotopic (exact) mass is 704 g/mol. The first-order valence-electron chi connectivity index (χ1n) is 14.1. The summed E-state index contributed by atoms with van der Waals surface area (Å²) in [7, 11) is -3.82. The zero-order valence-corrected chi connectivity index (χ0v) is 27.1. The molecule has 14 heteroatoms. The molecule has 1 saturated heterocycles. The van der Waals surface area contributed by atoms with E-state index in [1.165, 1.54) is 33.1 Å². The Morgan fingerprint density at radius 3 is 2.31 bits per heavy atom. The van der Waals surface area contributed by atoms with Gasteiger partial charge in [-0.3, -0.25) is 9.36 Å². The van der Waals surface area contributed by atoms with Gasteiger partial charge in [-0.1, -0.05) is 15.9 Å². The Balaban J connectivity index is 1.66. The number of nitrogens with zero attached hydrogens (tertiary/aromatic N) is 3. The van der Waals surface area contributed by atoms with Crippen LogP contribution >= 0.6 is 15.9 Å². The molecular formula is C31H31BrF2N4O6S. The molecule has 0 bridgehead atoms. The quantitative estimate of drug-likeness (QED) is 0.279. The van der Waals surface area contributed by atoms with E-state index in [4.69, 9.17) is 14.5 Å². The second-order valence-electron chi connectivity index (χ2n) is 11.5. The fraction of sp³-hybridized carbons (Fsp3) is 0.323. The molecule has 0 saturated carbocycles. The van der Waals surface area contributed by atoms with Gasteiger partial charge in [0.25, 0.3) is 5.56 Å². The fourth-order valence-electron chi connectivity index (χ4n) is 4.98. The molecule has 0 spiro atoms. The van der Waals surface area contributed by atoms with Gasteiger partial charge in [0.2, 0.25) is 10.0 Å². The minimum absolute atomic E-state index is 0.0269. The summed E-state index contributed by atoms with van der Waals surface area (Å²) in [5.41, 5.74) is -0.630. The molecule has 0 unspecified atom stereocenters. The van der Waals surface area contributed by atoms with Crippen LogP contribution in [0.15, 0.2) is 74.8 Å². The Hall–Kier alpha value is -3.72. The number of carbonyl (C=O) groups excluding carboxylic acids is 1. The number of amides is 1. The van der Waals surface area contributed by atoms with Gasteiger partial charge in [-0.05, 0) is 80.9 Å². The van der Waals surface area contributed by atoms with Crippen molar-refractivity contribution in [2.24, 2.45) is 0 Å². The zero-order chi connectivity index (χ0) is 32.5. The molecule has 4 aromatic rings. The van der Waals surface area contributed by atoms with E-state index < -0.39 is 45.0 Å². The van der Waals surface area contributed by atoms with Gasteiger partial charge in [0.1, 0.15) is 23.1 Å². The molecule has 45 heavy (non-hydrogen) atoms. The summed E-state index contributed by atoms with van der Waals surface area (Å²) in [6.45, 7) is 6.05. The summed E-state index contributed by atoms with van der Waals surface area (Å²) in [6.07, 6.45) is -1.00. The number of rotatable bonds is 7. The lowest BCUT2D eigenvalue weighted by Gasteiger charge is -2.26. The minimum atomic E-state index is -3.82. The highest BCUT2D eigenvalue weighted by molar-refractivity contribution is 9.10. The number of hydrogen-bond donors (Lipinski definition) is 1. The number of aromatic nitrogens is 2. The van der Waals surface area contributed by atoms with Crippen LogP contribution in [0.2, 0.25) is 0 Å². The van der Waals surface area contributed by atoms with Crippen LogP contribution in [-0.4, -0.2) is 60.3 Å². The maximum absolute atomic E-state index is 14.2. The van der Waals surface area contributed by atoms with E-state index in [1.807, 2.05) is 0 Å². The molecule has 1 N–H and O–H groups in total. The van der Waals surface area contributed by atoms with Crippen LogP contribution in [0.1, 0.15) is 38.2 Å². The Kier molecular flexibility index (Phi) is 9.40. The van der Waals surface area contributed by atoms with E-state index in [0.717, 1.165) is 18.2 Å². The highest BCUT2D eigenvalue weighted by Crippen LogP contribution is 2.26. The van der Waals surface area contributed by atoms with Crippen molar-refractivity contribution in [2.45, 2.75) is 43.7 Å². The van der Waals surface area contributed by atoms with Gasteiger partial charge in [0.05, 0.1) is 40.7 Å². The number of sulfonamides is 1. The van der Waals surface area contributed by atoms with Crippen molar-refractivity contribution in [3.8, 4) is 5.69 Å². The standard InChI is InChI=1S/C31H31BrF2N4O6S/c1-31(2,3)44-30(40)36-27(16-19-14-21(33)18-22(34)15-19)28-35-26-17-20(32)4-9-25(26)29(39)38(28)23-5-7-24(8-6-23)45(41,42)37-10-12-43-13-11-37/h4-9,14-15,17-18,27H,10-13,16H2,1-3H3,(H,36,40)/t27-/m1/s1. The average Bonchev–Trinajstić information content (AvgIpc) is 2.95. The van der Waals surface area contributed by atoms with E-state index in [-0.39, 0.29) is 60.1 Å². The molecule has 1 fully saturated rings. The number of hydrogen-bond acceptors (Lipinski definition) is 7. The predicted octanol–water partition coefficient (Wildman–Crippen LogP) is 5.26. The fourth-order valence-corrected chi connectivity index (χ4v) is 6.74. The number of carbonyl (C=O) groups is 1. The summed E-state index contributed by atoms with van der Waals surface area (Å²) in [4.78, 5) is 31.9. The third kappa shape index (κ3) is 7.57. The van der Waals surface area contributed by atoms with E-state index in [0.29, 0.717) is 9.99 Å². The largest absolute Gasteiger partial charge is 0.444 e. The molecule has 1 atom stereocenters. The number of ether oxygens (including phenoxy) is 2. The normalized spacial score (nSPS) is 15.2. The number of halogens is 3. The summed E-state index contributed by atoms with van der Waals surface area (Å²) < 4.78 is 68.9. The van der Waals surface area contributed by atoms with Crippen LogP contribution < -0.4 is 10.9 Å². The van der Waals surface area contributed by atoms with Gasteiger partial charge in [-0.25, -0.2) is 27.0 Å². The maximum Gasteiger partial charge on any atom is 0.408 e. The lowest BCUT2D eigenvalue weighted by Crippen LogP contribution is -2.40. The first kappa shape index (κ1) is 32.7. The van der Waals surface area contributed by atoms with Crippen LogP contribution in [0.4, 0.5) is 13.6 Å². The van der Waals surface area contributed by atoms with Crippen LogP contribution in [0, 0.1) is 11.6 Å². The van der Waals surface area contributed by atoms with Gasteiger partial charge >= 0.3 is 6.09 Å². The zero-order valence-electron chi connectivity index (χ0n) is 24.7. The van der Waals surface area contributed by atoms with E-state index in [1.54, 1.807) is 39.0 Å². The topological polar surface area (TPSA) is 120 Å². The number of nitrogens with one attached hydrogen (secondary N) is 1. The van der Waals surface area contributed by atoms with Gasteiger partial charge in [-0.15, -0.1) is 0 Å². The Morgan fingerprint density at radius 1 is 1.04 bits per heavy atom. The molecule has 1 aliphatic heterocycles. The average molecular weight is 706 g/mol. The van der Waals surface area contributed by atoms with Crippen molar-refractivity contribution in [1.29, 1.82) is 0 Å². The number of morpholine rings is 1. The molecule has 2 heterocycles. The number of fused-ring (bicyclic) bond motifs is 1. The molecule has 3 aromatic carbocycles. The van der Waals surface area contributed by atoms with Crippen LogP contribution in [0.3, 0.4) is 0 Å². The molecule has 5 rings (SSSR count). The Morgan fingerprint density at radius 2 is 1.69 bits per heavy atom. The molecule has 10 nitrogen and oxygen atoms in total. The first-order valence-corrected chi connectivity index (χ1v) is 16.3. The van der Waals surface area contributed by atoms with Gasteiger partial charge in [0.15, 0.2) is 0 Å². The van der Waals surface area contributed by atoms with Gasteiger partial charge < -0.3 is 14.8 Å². The van der Waals surface area contributed by atoms with E-state index >= 15 is 0 Å². The van der Waals surface area contributed by atoms with Crippen molar-refractivity contribution < 1.29 is 31.5 Å². The highest BCUT2D eigenvalue weighted by atomic mass is 79.9. The second kappa shape index (κ2) is 12.9. The van der Waals surface area contributed by atoms with Gasteiger partial charge in [0, 0.05) is 30.0 Å². The van der Waals surface area contributed by atoms with E-state index in [9.17, 15) is 26.8 Å². The molecule has 1 aromatic heterocycles. The van der Waals surface area contributed by atoms with Crippen molar-refractivity contribution in [3.63, 3.8) is 0 Å². The number of alkyl carbamates (subject to hydrolysis) is 1. The third-order valence-electron chi connectivity index (χ3n) is 6.92. The maximum atomic E-state index is 14.2. The lowest BCUT2D eigenvalue weighted by atomic mass is 10.0. The van der Waals surface area contributed by atoms with Crippen LogP contribution in [0.25, 0.3) is 16.6 Å². The molecule has 238 valence electrons. The van der Waals surface area contributed by atoms with Crippen LogP contribution in [-0.2, 0) is 25.9 Å². The molecule has 1 amide bonds. The Labute approximate surface area is 267 Å². The SMILES string of the molecule is CC(C)(C)OC(=O)N[C@H](Cc1cc(F)cc(F)c1)c1nc2cc(Br)ccc2c(=O)n1-c1ccc(S(=O)(=O)N2CCOCC2)cc1. The smallest absolute Gasteiger partial charge is 0.408 e. The van der Waals surface area contributed by atoms with Crippen molar-refractivity contribution >= 4 is 42.9 Å². The molecule has 0 radical (unpaired) electrons. The first-order chi connectivity index (χ1) is 21.2. The minimum Gasteiger partial charge on any atom is -0.444 e. The number of benzene rings is 3. The molecule has 1 aliphatic rings. The summed E-state index contributed by atoms with van der Waals surface area (Å²) in [5, 5.41) is 2.97. The van der Waals surface area contributed by atoms with E-state index in [2.05, 4.69) is 21.2 Å². The summed E-state index contributed by atoms with van der Waals surface area (Å²) >= 11 is 3.39. The van der Waals surface area contributed by atoms with Crippen molar-refractivity contribution in [1.82, 2.24) is 19.2 Å². The second-order valence-corrected chi connectivity index (χ2v) is 14.3.